The van der Waals surface area contributed by atoms with Gasteiger partial charge in [0.25, 0.3) is 5.76 Å². The zero-order valence-corrected chi connectivity index (χ0v) is 12.4. The Morgan fingerprint density at radius 3 is 2.43 bits per heavy atom. The first-order valence-corrected chi connectivity index (χ1v) is 7.52. The highest BCUT2D eigenvalue weighted by molar-refractivity contribution is 7.99. The van der Waals surface area contributed by atoms with Gasteiger partial charge in [0.05, 0.1) is 0 Å². The third-order valence-corrected chi connectivity index (χ3v) is 3.75. The summed E-state index contributed by atoms with van der Waals surface area (Å²) in [6.07, 6.45) is 0. The summed E-state index contributed by atoms with van der Waals surface area (Å²) in [5.41, 5.74) is 2.58. The Balaban J connectivity index is 2.29. The van der Waals surface area contributed by atoms with E-state index in [1.807, 2.05) is 6.92 Å². The van der Waals surface area contributed by atoms with Gasteiger partial charge in [-0.05, 0) is 47.5 Å². The number of hydrogen-bond donors (Lipinski definition) is 1. The van der Waals surface area contributed by atoms with Crippen LogP contribution in [0.2, 0.25) is 0 Å². The lowest BCUT2D eigenvalue weighted by Gasteiger charge is -2.11. The summed E-state index contributed by atoms with van der Waals surface area (Å²) in [7, 11) is 0. The van der Waals surface area contributed by atoms with Crippen molar-refractivity contribution in [2.45, 2.75) is 24.1 Å². The number of thioether (sulfide) groups is 1. The molecule has 2 aromatic rings. The first kappa shape index (κ1) is 15.9. The average Bonchev–Trinajstić information content (AvgIpc) is 2.46. The van der Waals surface area contributed by atoms with Crippen molar-refractivity contribution in [3.8, 4) is 11.1 Å². The Hall–Kier alpha value is -1.46. The Morgan fingerprint density at radius 1 is 1.10 bits per heavy atom. The highest BCUT2D eigenvalue weighted by Gasteiger charge is 2.09. The van der Waals surface area contributed by atoms with Crippen LogP contribution in [0.15, 0.2) is 47.4 Å². The largest absolute Gasteiger partial charge is 0.313 e. The molecule has 21 heavy (non-hydrogen) atoms. The topological polar surface area (TPSA) is 12.0 Å². The van der Waals surface area contributed by atoms with Crippen LogP contribution in [-0.2, 0) is 6.54 Å². The number of benzene rings is 2. The van der Waals surface area contributed by atoms with Crippen LogP contribution >= 0.6 is 11.8 Å². The summed E-state index contributed by atoms with van der Waals surface area (Å²) in [6, 6.07) is 11.4. The van der Waals surface area contributed by atoms with Crippen LogP contribution in [0.25, 0.3) is 11.1 Å². The second-order valence-electron chi connectivity index (χ2n) is 4.48. The Morgan fingerprint density at radius 2 is 1.81 bits per heavy atom. The molecule has 0 atom stereocenters. The van der Waals surface area contributed by atoms with E-state index in [0.29, 0.717) is 23.2 Å². The van der Waals surface area contributed by atoms with Gasteiger partial charge in [0.15, 0.2) is 0 Å². The van der Waals surface area contributed by atoms with Crippen molar-refractivity contribution in [3.63, 3.8) is 0 Å². The fraction of sp³-hybridized carbons (Fsp3) is 0.250. The molecule has 0 unspecified atom stereocenters. The van der Waals surface area contributed by atoms with Gasteiger partial charge in [0, 0.05) is 11.4 Å². The molecule has 0 saturated carbocycles. The van der Waals surface area contributed by atoms with Gasteiger partial charge in [-0.25, -0.2) is 4.39 Å². The smallest absolute Gasteiger partial charge is 0.288 e. The Kier molecular flexibility index (Phi) is 5.70. The van der Waals surface area contributed by atoms with Crippen LogP contribution in [0.4, 0.5) is 13.2 Å². The van der Waals surface area contributed by atoms with Gasteiger partial charge >= 0.3 is 0 Å². The molecule has 1 N–H and O–H groups in total. The predicted octanol–water partition coefficient (Wildman–Crippen LogP) is 4.92. The van der Waals surface area contributed by atoms with Crippen molar-refractivity contribution < 1.29 is 13.2 Å². The maximum absolute atomic E-state index is 13.5. The zero-order chi connectivity index (χ0) is 15.2. The van der Waals surface area contributed by atoms with E-state index in [2.05, 4.69) is 5.32 Å². The van der Waals surface area contributed by atoms with Crippen LogP contribution in [0.5, 0.6) is 0 Å². The molecule has 112 valence electrons. The normalized spacial score (nSPS) is 11.1. The Bertz CT molecular complexity index is 585. The van der Waals surface area contributed by atoms with Crippen LogP contribution in [0, 0.1) is 5.82 Å². The van der Waals surface area contributed by atoms with Gasteiger partial charge in [-0.1, -0.05) is 36.9 Å². The van der Waals surface area contributed by atoms with Gasteiger partial charge in [-0.3, -0.25) is 0 Å². The molecule has 0 radical (unpaired) electrons. The Labute approximate surface area is 126 Å². The molecule has 0 bridgehead atoms. The van der Waals surface area contributed by atoms with E-state index in [4.69, 9.17) is 0 Å². The van der Waals surface area contributed by atoms with Gasteiger partial charge < -0.3 is 5.32 Å². The molecule has 0 amide bonds. The van der Waals surface area contributed by atoms with E-state index >= 15 is 0 Å². The number of rotatable bonds is 6. The van der Waals surface area contributed by atoms with Crippen molar-refractivity contribution in [1.29, 1.82) is 0 Å². The first-order chi connectivity index (χ1) is 10.1. The quantitative estimate of drug-likeness (QED) is 0.760. The van der Waals surface area contributed by atoms with E-state index < -0.39 is 5.76 Å². The summed E-state index contributed by atoms with van der Waals surface area (Å²) >= 11 is 0.504. The third kappa shape index (κ3) is 4.51. The van der Waals surface area contributed by atoms with Crippen LogP contribution in [-0.4, -0.2) is 12.3 Å². The lowest BCUT2D eigenvalue weighted by Crippen LogP contribution is -2.12. The van der Waals surface area contributed by atoms with Crippen LogP contribution in [0.3, 0.4) is 0 Å². The molecule has 0 aliphatic rings. The molecule has 0 fully saturated rings. The van der Waals surface area contributed by atoms with Gasteiger partial charge in [-0.15, -0.1) is 0 Å². The number of halogens is 3. The molecule has 5 heteroatoms. The highest BCUT2D eigenvalue weighted by Crippen LogP contribution is 2.30. The standard InChI is InChI=1S/C16H16F3NS/c1-2-20-10-12-3-6-13(17)9-15(12)11-4-7-14(8-5-11)21-16(18)19/h3-9,16,20H,2,10H2,1H3. The van der Waals surface area contributed by atoms with E-state index in [1.165, 1.54) is 12.1 Å². The minimum absolute atomic E-state index is 0.309. The van der Waals surface area contributed by atoms with Crippen molar-refractivity contribution in [2.75, 3.05) is 6.54 Å². The molecule has 0 aliphatic heterocycles. The highest BCUT2D eigenvalue weighted by atomic mass is 32.2. The maximum atomic E-state index is 13.5. The summed E-state index contributed by atoms with van der Waals surface area (Å²) in [5.74, 6) is -2.74. The van der Waals surface area contributed by atoms with Gasteiger partial charge in [0.1, 0.15) is 5.82 Å². The molecule has 0 aromatic heterocycles. The first-order valence-electron chi connectivity index (χ1n) is 6.64. The van der Waals surface area contributed by atoms with Gasteiger partial charge in [-0.2, -0.15) is 8.78 Å². The van der Waals surface area contributed by atoms with Crippen molar-refractivity contribution in [2.24, 2.45) is 0 Å². The average molecular weight is 311 g/mol. The molecule has 1 nitrogen and oxygen atoms in total. The van der Waals surface area contributed by atoms with E-state index in [-0.39, 0.29) is 5.82 Å². The molecule has 0 aliphatic carbocycles. The van der Waals surface area contributed by atoms with Crippen molar-refractivity contribution in [3.05, 3.63) is 53.8 Å². The predicted molar refractivity (Wildman–Crippen MR) is 81.1 cm³/mol. The third-order valence-electron chi connectivity index (χ3n) is 3.03. The molecule has 0 spiro atoms. The maximum Gasteiger partial charge on any atom is 0.288 e. The summed E-state index contributed by atoms with van der Waals surface area (Å²) in [4.78, 5) is 0.499. The monoisotopic (exact) mass is 311 g/mol. The molecular formula is C16H16F3NS. The zero-order valence-electron chi connectivity index (χ0n) is 11.6. The lowest BCUT2D eigenvalue weighted by molar-refractivity contribution is 0.252. The molecular weight excluding hydrogens is 295 g/mol. The fourth-order valence-electron chi connectivity index (χ4n) is 2.05. The lowest BCUT2D eigenvalue weighted by atomic mass is 9.99. The summed E-state index contributed by atoms with van der Waals surface area (Å²) in [5, 5.41) is 3.21. The number of nitrogens with one attached hydrogen (secondary N) is 1. The summed E-state index contributed by atoms with van der Waals surface area (Å²) in [6.45, 7) is 3.46. The van der Waals surface area contributed by atoms with Crippen molar-refractivity contribution >= 4 is 11.8 Å². The minimum Gasteiger partial charge on any atom is -0.313 e. The summed E-state index contributed by atoms with van der Waals surface area (Å²) < 4.78 is 38.1. The molecule has 0 heterocycles. The van der Waals surface area contributed by atoms with Gasteiger partial charge in [0.2, 0.25) is 0 Å². The van der Waals surface area contributed by atoms with E-state index in [9.17, 15) is 13.2 Å². The second-order valence-corrected chi connectivity index (χ2v) is 5.55. The second kappa shape index (κ2) is 7.52. The number of hydrogen-bond acceptors (Lipinski definition) is 2. The SMILES string of the molecule is CCNCc1ccc(F)cc1-c1ccc(SC(F)F)cc1. The van der Waals surface area contributed by atoms with E-state index in [0.717, 1.165) is 23.2 Å². The molecule has 2 aromatic carbocycles. The van der Waals surface area contributed by atoms with Crippen LogP contribution in [0.1, 0.15) is 12.5 Å². The molecule has 2 rings (SSSR count). The van der Waals surface area contributed by atoms with Crippen molar-refractivity contribution in [1.82, 2.24) is 5.32 Å². The minimum atomic E-state index is -2.44. The van der Waals surface area contributed by atoms with Crippen LogP contribution < -0.4 is 5.32 Å². The van der Waals surface area contributed by atoms with E-state index in [1.54, 1.807) is 30.3 Å². The molecule has 0 saturated heterocycles. The fourth-order valence-corrected chi connectivity index (χ4v) is 2.55. The number of alkyl halides is 2.